The van der Waals surface area contributed by atoms with Crippen LogP contribution in [-0.2, 0) is 4.79 Å². The summed E-state index contributed by atoms with van der Waals surface area (Å²) in [6.07, 6.45) is 1.50. The minimum Gasteiger partial charge on any atom is -0.508 e. The Hall–Kier alpha value is -1.97. The Kier molecular flexibility index (Phi) is 3.33. The van der Waals surface area contributed by atoms with Crippen molar-refractivity contribution in [3.63, 3.8) is 0 Å². The molecule has 0 amide bonds. The fraction of sp³-hybridized carbons (Fsp3) is 0.182. The third-order valence-electron chi connectivity index (χ3n) is 1.77. The zero-order valence-corrected chi connectivity index (χ0v) is 8.64. The smallest absolute Gasteiger partial charge is 0.337 e. The SMILES string of the molecule is CN(C)C=C(C(=O)O)c1cccc(O)c1. The van der Waals surface area contributed by atoms with Crippen LogP contribution in [0.1, 0.15) is 5.56 Å². The van der Waals surface area contributed by atoms with Crippen LogP contribution in [0, 0.1) is 0 Å². The van der Waals surface area contributed by atoms with Crippen LogP contribution in [0.25, 0.3) is 5.57 Å². The molecule has 1 aromatic carbocycles. The van der Waals surface area contributed by atoms with E-state index < -0.39 is 5.97 Å². The first-order valence-corrected chi connectivity index (χ1v) is 4.41. The van der Waals surface area contributed by atoms with E-state index >= 15 is 0 Å². The molecule has 0 saturated carbocycles. The van der Waals surface area contributed by atoms with E-state index in [9.17, 15) is 9.90 Å². The zero-order valence-electron chi connectivity index (χ0n) is 8.64. The van der Waals surface area contributed by atoms with Crippen LogP contribution in [-0.4, -0.2) is 35.2 Å². The average molecular weight is 207 g/mol. The molecule has 0 spiro atoms. The molecule has 0 radical (unpaired) electrons. The lowest BCUT2D eigenvalue weighted by molar-refractivity contribution is -0.130. The van der Waals surface area contributed by atoms with Gasteiger partial charge in [-0.2, -0.15) is 0 Å². The van der Waals surface area contributed by atoms with Gasteiger partial charge in [0.15, 0.2) is 0 Å². The molecule has 0 aromatic heterocycles. The number of phenolic OH excluding ortho intramolecular Hbond substituents is 1. The van der Waals surface area contributed by atoms with Crippen LogP contribution in [0.3, 0.4) is 0 Å². The molecule has 0 atom stereocenters. The molecule has 2 N–H and O–H groups in total. The molecule has 0 unspecified atom stereocenters. The first-order chi connectivity index (χ1) is 7.00. The molecule has 1 rings (SSSR count). The lowest BCUT2D eigenvalue weighted by Gasteiger charge is -2.08. The van der Waals surface area contributed by atoms with E-state index in [1.54, 1.807) is 31.1 Å². The van der Waals surface area contributed by atoms with Crippen molar-refractivity contribution in [2.45, 2.75) is 0 Å². The molecule has 0 heterocycles. The average Bonchev–Trinajstić information content (AvgIpc) is 2.13. The summed E-state index contributed by atoms with van der Waals surface area (Å²) >= 11 is 0. The highest BCUT2D eigenvalue weighted by molar-refractivity contribution is 6.15. The Morgan fingerprint density at radius 2 is 2.07 bits per heavy atom. The summed E-state index contributed by atoms with van der Waals surface area (Å²) < 4.78 is 0. The quantitative estimate of drug-likeness (QED) is 0.735. The molecular formula is C11H13NO3. The second-order valence-electron chi connectivity index (χ2n) is 3.36. The van der Waals surface area contributed by atoms with E-state index in [2.05, 4.69) is 0 Å². The van der Waals surface area contributed by atoms with Crippen LogP contribution in [0.5, 0.6) is 5.75 Å². The molecule has 4 nitrogen and oxygen atoms in total. The van der Waals surface area contributed by atoms with Crippen molar-refractivity contribution in [2.24, 2.45) is 0 Å². The molecule has 0 fully saturated rings. The van der Waals surface area contributed by atoms with Gasteiger partial charge in [-0.3, -0.25) is 0 Å². The van der Waals surface area contributed by atoms with Gasteiger partial charge in [0, 0.05) is 20.3 Å². The van der Waals surface area contributed by atoms with Crippen molar-refractivity contribution < 1.29 is 15.0 Å². The van der Waals surface area contributed by atoms with Crippen molar-refractivity contribution >= 4 is 11.5 Å². The Labute approximate surface area is 88.1 Å². The lowest BCUT2D eigenvalue weighted by atomic mass is 10.1. The fourth-order valence-electron chi connectivity index (χ4n) is 1.18. The van der Waals surface area contributed by atoms with Gasteiger partial charge >= 0.3 is 5.97 Å². The van der Waals surface area contributed by atoms with Crippen molar-refractivity contribution in [3.05, 3.63) is 36.0 Å². The molecule has 0 bridgehead atoms. The highest BCUT2D eigenvalue weighted by Crippen LogP contribution is 2.19. The predicted molar refractivity (Wildman–Crippen MR) is 57.4 cm³/mol. The molecule has 0 saturated heterocycles. The van der Waals surface area contributed by atoms with E-state index in [1.165, 1.54) is 18.3 Å². The summed E-state index contributed by atoms with van der Waals surface area (Å²) in [4.78, 5) is 12.6. The summed E-state index contributed by atoms with van der Waals surface area (Å²) in [6.45, 7) is 0. The lowest BCUT2D eigenvalue weighted by Crippen LogP contribution is -2.08. The van der Waals surface area contributed by atoms with E-state index in [-0.39, 0.29) is 11.3 Å². The van der Waals surface area contributed by atoms with Crippen LogP contribution in [0.2, 0.25) is 0 Å². The van der Waals surface area contributed by atoms with Gasteiger partial charge in [-0.25, -0.2) is 4.79 Å². The maximum atomic E-state index is 11.0. The number of hydrogen-bond acceptors (Lipinski definition) is 3. The molecule has 0 aliphatic carbocycles. The molecule has 80 valence electrons. The molecule has 0 aliphatic heterocycles. The molecule has 4 heteroatoms. The number of nitrogens with zero attached hydrogens (tertiary/aromatic N) is 1. The van der Waals surface area contributed by atoms with Crippen molar-refractivity contribution in [1.82, 2.24) is 4.90 Å². The number of aromatic hydroxyl groups is 1. The van der Waals surface area contributed by atoms with Crippen LogP contribution in [0.15, 0.2) is 30.5 Å². The maximum absolute atomic E-state index is 11.0. The Balaban J connectivity index is 3.16. The third-order valence-corrected chi connectivity index (χ3v) is 1.77. The summed E-state index contributed by atoms with van der Waals surface area (Å²) in [5, 5.41) is 18.2. The number of hydrogen-bond donors (Lipinski definition) is 2. The van der Waals surface area contributed by atoms with Gasteiger partial charge in [-0.15, -0.1) is 0 Å². The number of benzene rings is 1. The van der Waals surface area contributed by atoms with Gasteiger partial charge in [0.1, 0.15) is 5.75 Å². The van der Waals surface area contributed by atoms with Gasteiger partial charge in [0.05, 0.1) is 5.57 Å². The van der Waals surface area contributed by atoms with Gasteiger partial charge in [-0.1, -0.05) is 12.1 Å². The molecule has 1 aromatic rings. The summed E-state index contributed by atoms with van der Waals surface area (Å²) in [5.41, 5.74) is 0.632. The van der Waals surface area contributed by atoms with Crippen molar-refractivity contribution in [3.8, 4) is 5.75 Å². The summed E-state index contributed by atoms with van der Waals surface area (Å²) in [7, 11) is 3.48. The number of carboxylic acids is 1. The van der Waals surface area contributed by atoms with E-state index in [4.69, 9.17) is 5.11 Å². The van der Waals surface area contributed by atoms with Gasteiger partial charge in [0.2, 0.25) is 0 Å². The monoisotopic (exact) mass is 207 g/mol. The minimum absolute atomic E-state index is 0.0541. The second kappa shape index (κ2) is 4.50. The molecular weight excluding hydrogens is 194 g/mol. The fourth-order valence-corrected chi connectivity index (χ4v) is 1.18. The van der Waals surface area contributed by atoms with Crippen molar-refractivity contribution in [2.75, 3.05) is 14.1 Å². The highest BCUT2D eigenvalue weighted by Gasteiger charge is 2.10. The Bertz CT molecular complexity index is 397. The van der Waals surface area contributed by atoms with Gasteiger partial charge in [-0.05, 0) is 17.7 Å². The van der Waals surface area contributed by atoms with E-state index in [0.717, 1.165) is 0 Å². The third kappa shape index (κ3) is 3.02. The number of carboxylic acid groups (broad SMARTS) is 1. The largest absolute Gasteiger partial charge is 0.508 e. The predicted octanol–water partition coefficient (Wildman–Crippen LogP) is 1.38. The number of phenols is 1. The van der Waals surface area contributed by atoms with Gasteiger partial charge < -0.3 is 15.1 Å². The molecule has 0 aliphatic rings. The first kappa shape index (κ1) is 11.1. The topological polar surface area (TPSA) is 60.8 Å². The second-order valence-corrected chi connectivity index (χ2v) is 3.36. The van der Waals surface area contributed by atoms with Crippen LogP contribution >= 0.6 is 0 Å². The Morgan fingerprint density at radius 3 is 2.53 bits per heavy atom. The van der Waals surface area contributed by atoms with Gasteiger partial charge in [0.25, 0.3) is 0 Å². The van der Waals surface area contributed by atoms with E-state index in [0.29, 0.717) is 5.56 Å². The normalized spacial score (nSPS) is 11.2. The standard InChI is InChI=1S/C11H13NO3/c1-12(2)7-10(11(14)15)8-4-3-5-9(13)6-8/h3-7,13H,1-2H3,(H,14,15). The number of aliphatic carboxylic acids is 1. The number of carbonyl (C=O) groups is 1. The first-order valence-electron chi connectivity index (χ1n) is 4.41. The summed E-state index contributed by atoms with van der Waals surface area (Å²) in [5.74, 6) is -0.965. The van der Waals surface area contributed by atoms with Crippen molar-refractivity contribution in [1.29, 1.82) is 0 Å². The van der Waals surface area contributed by atoms with E-state index in [1.807, 2.05) is 0 Å². The molecule has 15 heavy (non-hydrogen) atoms. The number of rotatable bonds is 3. The minimum atomic E-state index is -1.02. The maximum Gasteiger partial charge on any atom is 0.337 e. The van der Waals surface area contributed by atoms with Crippen LogP contribution in [0.4, 0.5) is 0 Å². The zero-order chi connectivity index (χ0) is 11.4. The summed E-state index contributed by atoms with van der Waals surface area (Å²) in [6, 6.07) is 6.17. The van der Waals surface area contributed by atoms with Crippen LogP contribution < -0.4 is 0 Å². The highest BCUT2D eigenvalue weighted by atomic mass is 16.4. The Morgan fingerprint density at radius 1 is 1.40 bits per heavy atom.